The third-order valence-corrected chi connectivity index (χ3v) is 7.29. The van der Waals surface area contributed by atoms with Crippen molar-refractivity contribution in [1.82, 2.24) is 0 Å². The van der Waals surface area contributed by atoms with Crippen LogP contribution in [0.1, 0.15) is 13.8 Å². The molecule has 0 aromatic rings. The number of hydrogen-bond donors (Lipinski definition) is 0. The van der Waals surface area contributed by atoms with E-state index >= 15 is 0 Å². The summed E-state index contributed by atoms with van der Waals surface area (Å²) in [6, 6.07) is 0. The molecule has 120 valence electrons. The van der Waals surface area contributed by atoms with Crippen molar-refractivity contribution in [2.45, 2.75) is 13.8 Å². The van der Waals surface area contributed by atoms with E-state index in [0.717, 1.165) is 0 Å². The molecule has 7 nitrogen and oxygen atoms in total. The van der Waals surface area contributed by atoms with E-state index in [1.54, 1.807) is 13.8 Å². The normalized spacial score (nSPS) is 15.9. The SMILES string of the molecule is COP(=O)(CC(C)C(=O)C(C)CP(=O)(OC)OC)OC. The Labute approximate surface area is 120 Å². The molecule has 0 aliphatic heterocycles. The lowest BCUT2D eigenvalue weighted by Crippen LogP contribution is -2.25. The van der Waals surface area contributed by atoms with Crippen molar-refractivity contribution in [3.8, 4) is 0 Å². The second kappa shape index (κ2) is 8.42. The molecular weight excluding hydrogens is 306 g/mol. The van der Waals surface area contributed by atoms with Crippen LogP contribution < -0.4 is 0 Å². The third kappa shape index (κ3) is 5.76. The minimum atomic E-state index is -3.25. The fraction of sp³-hybridized carbons (Fsp3) is 0.909. The van der Waals surface area contributed by atoms with E-state index in [4.69, 9.17) is 18.1 Å². The van der Waals surface area contributed by atoms with Gasteiger partial charge in [-0.2, -0.15) is 0 Å². The summed E-state index contributed by atoms with van der Waals surface area (Å²) in [4.78, 5) is 12.2. The first-order valence-electron chi connectivity index (χ1n) is 6.11. The Morgan fingerprint density at radius 1 is 0.800 bits per heavy atom. The summed E-state index contributed by atoms with van der Waals surface area (Å²) >= 11 is 0. The number of hydrogen-bond acceptors (Lipinski definition) is 7. The first kappa shape index (κ1) is 20.0. The van der Waals surface area contributed by atoms with Crippen LogP contribution in [0.4, 0.5) is 0 Å². The maximum absolute atomic E-state index is 12.2. The van der Waals surface area contributed by atoms with Gasteiger partial charge >= 0.3 is 15.2 Å². The molecule has 0 radical (unpaired) electrons. The molecular formula is C11H24O7P2. The summed E-state index contributed by atoms with van der Waals surface area (Å²) in [6.07, 6.45) is -0.0408. The van der Waals surface area contributed by atoms with E-state index in [1.165, 1.54) is 28.4 Å². The standard InChI is InChI=1S/C11H24O7P2/c1-9(7-19(13,15-3)16-4)11(12)10(2)8-20(14,17-5)18-6/h9-10H,7-8H2,1-6H3. The van der Waals surface area contributed by atoms with Gasteiger partial charge in [0, 0.05) is 40.3 Å². The lowest BCUT2D eigenvalue weighted by Gasteiger charge is -2.22. The summed E-state index contributed by atoms with van der Waals surface area (Å²) in [7, 11) is -1.41. The zero-order valence-corrected chi connectivity index (χ0v) is 14.6. The molecule has 0 saturated heterocycles. The Hall–Kier alpha value is -0.0300. The van der Waals surface area contributed by atoms with Gasteiger partial charge in [0.15, 0.2) is 0 Å². The van der Waals surface area contributed by atoms with Gasteiger partial charge in [-0.15, -0.1) is 0 Å². The predicted molar refractivity (Wildman–Crippen MR) is 76.3 cm³/mol. The van der Waals surface area contributed by atoms with Crippen LogP contribution >= 0.6 is 15.2 Å². The molecule has 0 aromatic carbocycles. The maximum Gasteiger partial charge on any atom is 0.330 e. The number of rotatable bonds is 10. The molecule has 0 aliphatic rings. The van der Waals surface area contributed by atoms with Crippen LogP contribution in [-0.4, -0.2) is 46.5 Å². The molecule has 20 heavy (non-hydrogen) atoms. The van der Waals surface area contributed by atoms with Crippen molar-refractivity contribution >= 4 is 21.0 Å². The minimum absolute atomic E-state index is 0.0204. The molecule has 0 N–H and O–H groups in total. The zero-order valence-electron chi connectivity index (χ0n) is 12.8. The molecule has 0 aromatic heterocycles. The van der Waals surface area contributed by atoms with Crippen LogP contribution in [0.5, 0.6) is 0 Å². The highest BCUT2D eigenvalue weighted by Gasteiger charge is 2.34. The van der Waals surface area contributed by atoms with Gasteiger partial charge in [-0.3, -0.25) is 13.9 Å². The first-order valence-corrected chi connectivity index (χ1v) is 9.57. The smallest absolute Gasteiger partial charge is 0.312 e. The number of carbonyl (C=O) groups excluding carboxylic acids is 1. The largest absolute Gasteiger partial charge is 0.330 e. The van der Waals surface area contributed by atoms with Crippen molar-refractivity contribution in [1.29, 1.82) is 0 Å². The molecule has 0 fully saturated rings. The monoisotopic (exact) mass is 330 g/mol. The van der Waals surface area contributed by atoms with Gasteiger partial charge in [-0.25, -0.2) is 0 Å². The molecule has 0 bridgehead atoms. The Morgan fingerprint density at radius 2 is 1.05 bits per heavy atom. The fourth-order valence-electron chi connectivity index (χ4n) is 1.78. The van der Waals surface area contributed by atoms with Crippen molar-refractivity contribution in [3.63, 3.8) is 0 Å². The molecule has 0 heterocycles. The van der Waals surface area contributed by atoms with Crippen molar-refractivity contribution in [2.24, 2.45) is 11.8 Å². The van der Waals surface area contributed by atoms with Gasteiger partial charge in [0.05, 0.1) is 12.3 Å². The molecule has 0 saturated carbocycles. The Bertz CT molecular complexity index is 358. The maximum atomic E-state index is 12.2. The van der Waals surface area contributed by atoms with Crippen LogP contribution in [0.25, 0.3) is 0 Å². The Kier molecular flexibility index (Phi) is 8.41. The zero-order chi connectivity index (χ0) is 16.0. The lowest BCUT2D eigenvalue weighted by atomic mass is 9.98. The quantitative estimate of drug-likeness (QED) is 0.569. The van der Waals surface area contributed by atoms with Crippen LogP contribution in [0, 0.1) is 11.8 Å². The molecule has 0 aliphatic carbocycles. The summed E-state index contributed by atoms with van der Waals surface area (Å²) in [6.45, 7) is 3.27. The van der Waals surface area contributed by atoms with Gasteiger partial charge < -0.3 is 18.1 Å². The highest BCUT2D eigenvalue weighted by Crippen LogP contribution is 2.50. The Morgan fingerprint density at radius 3 is 1.25 bits per heavy atom. The average Bonchev–Trinajstić information content (AvgIpc) is 2.45. The molecule has 2 unspecified atom stereocenters. The fourth-order valence-corrected chi connectivity index (χ4v) is 4.38. The van der Waals surface area contributed by atoms with E-state index in [2.05, 4.69) is 0 Å². The van der Waals surface area contributed by atoms with Crippen molar-refractivity contribution in [2.75, 3.05) is 40.8 Å². The van der Waals surface area contributed by atoms with E-state index in [9.17, 15) is 13.9 Å². The van der Waals surface area contributed by atoms with E-state index in [0.29, 0.717) is 0 Å². The highest BCUT2D eigenvalue weighted by molar-refractivity contribution is 7.54. The second-order valence-electron chi connectivity index (χ2n) is 4.52. The number of Topliss-reactive ketones (excluding diaryl/α,β-unsaturated/α-hetero) is 1. The van der Waals surface area contributed by atoms with Gasteiger partial charge in [-0.1, -0.05) is 13.8 Å². The molecule has 0 spiro atoms. The highest BCUT2D eigenvalue weighted by atomic mass is 31.2. The second-order valence-corrected chi connectivity index (χ2v) is 9.16. The van der Waals surface area contributed by atoms with Gasteiger partial charge in [-0.05, 0) is 0 Å². The summed E-state index contributed by atoms with van der Waals surface area (Å²) < 4.78 is 43.2. The van der Waals surface area contributed by atoms with E-state index in [1.807, 2.05) is 0 Å². The lowest BCUT2D eigenvalue weighted by molar-refractivity contribution is -0.124. The third-order valence-electron chi connectivity index (χ3n) is 3.08. The van der Waals surface area contributed by atoms with Crippen LogP contribution in [-0.2, 0) is 32.0 Å². The van der Waals surface area contributed by atoms with E-state index < -0.39 is 27.0 Å². The van der Waals surface area contributed by atoms with Crippen LogP contribution in [0.3, 0.4) is 0 Å². The average molecular weight is 330 g/mol. The minimum Gasteiger partial charge on any atom is -0.312 e. The topological polar surface area (TPSA) is 88.1 Å². The van der Waals surface area contributed by atoms with Gasteiger partial charge in [0.2, 0.25) is 0 Å². The van der Waals surface area contributed by atoms with Crippen LogP contribution in [0.15, 0.2) is 0 Å². The molecule has 2 atom stereocenters. The van der Waals surface area contributed by atoms with Crippen molar-refractivity contribution < 1.29 is 32.0 Å². The first-order chi connectivity index (χ1) is 9.16. The summed E-state index contributed by atoms with van der Waals surface area (Å²) in [5.74, 6) is -1.27. The van der Waals surface area contributed by atoms with Crippen molar-refractivity contribution in [3.05, 3.63) is 0 Å². The van der Waals surface area contributed by atoms with Gasteiger partial charge in [0.25, 0.3) is 0 Å². The molecule has 0 amide bonds. The number of carbonyl (C=O) groups is 1. The van der Waals surface area contributed by atoms with E-state index in [-0.39, 0.29) is 18.1 Å². The Balaban J connectivity index is 4.74. The molecule has 0 rings (SSSR count). The van der Waals surface area contributed by atoms with Gasteiger partial charge in [0.1, 0.15) is 5.78 Å². The number of ketones is 1. The summed E-state index contributed by atoms with van der Waals surface area (Å²) in [5, 5.41) is 0. The molecule has 9 heteroatoms. The van der Waals surface area contributed by atoms with Crippen LogP contribution in [0.2, 0.25) is 0 Å². The predicted octanol–water partition coefficient (Wildman–Crippen LogP) is 2.80. The summed E-state index contributed by atoms with van der Waals surface area (Å²) in [5.41, 5.74) is 0.